The minimum absolute atomic E-state index is 0.0946. The third-order valence-corrected chi connectivity index (χ3v) is 4.58. The number of hydrogen-bond donors (Lipinski definition) is 1. The largest absolute Gasteiger partial charge is 0.497 e. The van der Waals surface area contributed by atoms with E-state index in [0.717, 1.165) is 43.7 Å². The van der Waals surface area contributed by atoms with E-state index in [0.29, 0.717) is 18.9 Å². The first-order chi connectivity index (χ1) is 12.1. The van der Waals surface area contributed by atoms with E-state index < -0.39 is 0 Å². The van der Waals surface area contributed by atoms with Gasteiger partial charge in [-0.3, -0.25) is 9.59 Å². The van der Waals surface area contributed by atoms with Gasteiger partial charge in [0.05, 0.1) is 13.2 Å². The maximum Gasteiger partial charge on any atom is 0.234 e. The van der Waals surface area contributed by atoms with E-state index in [1.807, 2.05) is 35.2 Å². The van der Waals surface area contributed by atoms with Gasteiger partial charge < -0.3 is 15.0 Å². The van der Waals surface area contributed by atoms with Crippen molar-refractivity contribution in [1.82, 2.24) is 10.2 Å². The van der Waals surface area contributed by atoms with Crippen molar-refractivity contribution in [2.45, 2.75) is 32.1 Å². The Morgan fingerprint density at radius 1 is 1.28 bits per heavy atom. The number of hydrogen-bond acceptors (Lipinski definition) is 4. The molecule has 0 radical (unpaired) electrons. The molecule has 0 unspecified atom stereocenters. The minimum atomic E-state index is -0.222. The molecule has 0 saturated carbocycles. The molecule has 0 spiro atoms. The zero-order valence-electron chi connectivity index (χ0n) is 14.7. The normalized spacial score (nSPS) is 14.6. The summed E-state index contributed by atoms with van der Waals surface area (Å²) in [5, 5.41) is 11.2. The van der Waals surface area contributed by atoms with Gasteiger partial charge in [0.15, 0.2) is 0 Å². The average Bonchev–Trinajstić information content (AvgIpc) is 2.65. The smallest absolute Gasteiger partial charge is 0.234 e. The number of rotatable bonds is 7. The summed E-state index contributed by atoms with van der Waals surface area (Å²) < 4.78 is 5.13. The van der Waals surface area contributed by atoms with Crippen LogP contribution >= 0.6 is 0 Å². The van der Waals surface area contributed by atoms with Crippen LogP contribution in [0.5, 0.6) is 5.75 Å². The molecule has 2 amide bonds. The molecule has 1 fully saturated rings. The van der Waals surface area contributed by atoms with Crippen molar-refractivity contribution in [2.75, 3.05) is 26.7 Å². The van der Waals surface area contributed by atoms with Crippen LogP contribution in [0.15, 0.2) is 24.3 Å². The Labute approximate surface area is 148 Å². The van der Waals surface area contributed by atoms with Crippen molar-refractivity contribution in [3.63, 3.8) is 0 Å². The Morgan fingerprint density at radius 2 is 1.96 bits per heavy atom. The lowest BCUT2D eigenvalue weighted by Gasteiger charge is -2.32. The third-order valence-electron chi connectivity index (χ3n) is 4.58. The van der Waals surface area contributed by atoms with Gasteiger partial charge in [-0.2, -0.15) is 5.26 Å². The highest BCUT2D eigenvalue weighted by atomic mass is 16.5. The van der Waals surface area contributed by atoms with Crippen LogP contribution in [0, 0.1) is 17.2 Å². The zero-order chi connectivity index (χ0) is 18.1. The van der Waals surface area contributed by atoms with Crippen LogP contribution in [0.2, 0.25) is 0 Å². The molecular weight excluding hydrogens is 318 g/mol. The van der Waals surface area contributed by atoms with Crippen LogP contribution in [-0.4, -0.2) is 43.5 Å². The molecule has 1 saturated heterocycles. The number of methoxy groups -OCH3 is 1. The summed E-state index contributed by atoms with van der Waals surface area (Å²) in [6.07, 6.45) is 2.92. The van der Waals surface area contributed by atoms with Gasteiger partial charge in [-0.05, 0) is 42.9 Å². The molecule has 25 heavy (non-hydrogen) atoms. The zero-order valence-corrected chi connectivity index (χ0v) is 14.7. The van der Waals surface area contributed by atoms with Crippen molar-refractivity contribution < 1.29 is 14.3 Å². The highest BCUT2D eigenvalue weighted by Gasteiger charge is 2.22. The number of amides is 2. The van der Waals surface area contributed by atoms with Gasteiger partial charge in [0.1, 0.15) is 12.2 Å². The first-order valence-electron chi connectivity index (χ1n) is 8.66. The van der Waals surface area contributed by atoms with Crippen molar-refractivity contribution in [3.8, 4) is 11.8 Å². The fourth-order valence-electron chi connectivity index (χ4n) is 2.98. The lowest BCUT2D eigenvalue weighted by Crippen LogP contribution is -2.41. The summed E-state index contributed by atoms with van der Waals surface area (Å²) in [5.41, 5.74) is 1.13. The Kier molecular flexibility index (Phi) is 7.27. The second-order valence-corrected chi connectivity index (χ2v) is 6.31. The summed E-state index contributed by atoms with van der Waals surface area (Å²) in [6, 6.07) is 9.63. The molecule has 0 atom stereocenters. The standard InChI is InChI=1S/C19H25N3O3/c1-25-17-5-2-15(3-6-17)4-7-19(24)22-12-9-16(10-13-22)14-21-18(23)8-11-20/h2-3,5-6,16H,4,7-10,12-14H2,1H3,(H,21,23). The summed E-state index contributed by atoms with van der Waals surface area (Å²) in [6.45, 7) is 2.06. The molecule has 2 rings (SSSR count). The molecule has 1 aliphatic rings. The van der Waals surface area contributed by atoms with E-state index in [4.69, 9.17) is 10.00 Å². The second-order valence-electron chi connectivity index (χ2n) is 6.31. The third kappa shape index (κ3) is 6.11. The first-order valence-corrected chi connectivity index (χ1v) is 8.66. The highest BCUT2D eigenvalue weighted by Crippen LogP contribution is 2.18. The van der Waals surface area contributed by atoms with Gasteiger partial charge in [0.2, 0.25) is 11.8 Å². The maximum atomic E-state index is 12.3. The average molecular weight is 343 g/mol. The fraction of sp³-hybridized carbons (Fsp3) is 0.526. The number of nitrogens with zero attached hydrogens (tertiary/aromatic N) is 2. The van der Waals surface area contributed by atoms with E-state index in [2.05, 4.69) is 5.32 Å². The Morgan fingerprint density at radius 3 is 2.56 bits per heavy atom. The van der Waals surface area contributed by atoms with E-state index in [9.17, 15) is 9.59 Å². The van der Waals surface area contributed by atoms with Crippen LogP contribution in [-0.2, 0) is 16.0 Å². The van der Waals surface area contributed by atoms with Crippen LogP contribution in [0.3, 0.4) is 0 Å². The van der Waals surface area contributed by atoms with Crippen LogP contribution in [0.25, 0.3) is 0 Å². The van der Waals surface area contributed by atoms with Crippen LogP contribution in [0.1, 0.15) is 31.2 Å². The molecule has 134 valence electrons. The van der Waals surface area contributed by atoms with E-state index in [1.165, 1.54) is 0 Å². The maximum absolute atomic E-state index is 12.3. The molecule has 1 aromatic rings. The summed E-state index contributed by atoms with van der Waals surface area (Å²) in [7, 11) is 1.64. The summed E-state index contributed by atoms with van der Waals surface area (Å²) in [5.74, 6) is 1.16. The van der Waals surface area contributed by atoms with E-state index in [1.54, 1.807) is 7.11 Å². The predicted molar refractivity (Wildman–Crippen MR) is 93.9 cm³/mol. The lowest BCUT2D eigenvalue weighted by molar-refractivity contribution is -0.132. The number of nitrogens with one attached hydrogen (secondary N) is 1. The highest BCUT2D eigenvalue weighted by molar-refractivity contribution is 5.78. The number of carbonyl (C=O) groups is 2. The van der Waals surface area contributed by atoms with E-state index >= 15 is 0 Å². The monoisotopic (exact) mass is 343 g/mol. The Hall–Kier alpha value is -2.55. The van der Waals surface area contributed by atoms with Crippen LogP contribution in [0.4, 0.5) is 0 Å². The van der Waals surface area contributed by atoms with Crippen molar-refractivity contribution in [3.05, 3.63) is 29.8 Å². The quantitative estimate of drug-likeness (QED) is 0.820. The molecule has 6 heteroatoms. The topological polar surface area (TPSA) is 82.4 Å². The molecule has 6 nitrogen and oxygen atoms in total. The minimum Gasteiger partial charge on any atom is -0.497 e. The van der Waals surface area contributed by atoms with Gasteiger partial charge in [0, 0.05) is 26.1 Å². The second kappa shape index (κ2) is 9.67. The van der Waals surface area contributed by atoms with E-state index in [-0.39, 0.29) is 18.2 Å². The molecule has 0 aromatic heterocycles. The molecule has 1 N–H and O–H groups in total. The Bertz CT molecular complexity index is 614. The molecule has 1 heterocycles. The number of carbonyl (C=O) groups excluding carboxylic acids is 2. The number of aryl methyl sites for hydroxylation is 1. The molecular formula is C19H25N3O3. The van der Waals surface area contributed by atoms with Gasteiger partial charge in [-0.15, -0.1) is 0 Å². The van der Waals surface area contributed by atoms with Gasteiger partial charge in [-0.1, -0.05) is 12.1 Å². The summed E-state index contributed by atoms with van der Waals surface area (Å²) >= 11 is 0. The number of benzene rings is 1. The van der Waals surface area contributed by atoms with Crippen molar-refractivity contribution >= 4 is 11.8 Å². The molecule has 0 aliphatic carbocycles. The van der Waals surface area contributed by atoms with Gasteiger partial charge in [0.25, 0.3) is 0 Å². The number of piperidine rings is 1. The van der Waals surface area contributed by atoms with Gasteiger partial charge >= 0.3 is 0 Å². The van der Waals surface area contributed by atoms with Crippen LogP contribution < -0.4 is 10.1 Å². The number of ether oxygens (including phenoxy) is 1. The van der Waals surface area contributed by atoms with Crippen molar-refractivity contribution in [2.24, 2.45) is 5.92 Å². The SMILES string of the molecule is COc1ccc(CCC(=O)N2CCC(CNC(=O)CC#N)CC2)cc1. The molecule has 1 aromatic carbocycles. The molecule has 0 bridgehead atoms. The van der Waals surface area contributed by atoms with Gasteiger partial charge in [-0.25, -0.2) is 0 Å². The first kappa shape index (κ1) is 18.8. The Balaban J connectivity index is 1.68. The predicted octanol–water partition coefficient (Wildman–Crippen LogP) is 1.90. The summed E-state index contributed by atoms with van der Waals surface area (Å²) in [4.78, 5) is 25.6. The lowest BCUT2D eigenvalue weighted by atomic mass is 9.96. The number of nitriles is 1. The fourth-order valence-corrected chi connectivity index (χ4v) is 2.98. The number of likely N-dealkylation sites (tertiary alicyclic amines) is 1. The van der Waals surface area contributed by atoms with Crippen molar-refractivity contribution in [1.29, 1.82) is 5.26 Å². The molecule has 1 aliphatic heterocycles.